The van der Waals surface area contributed by atoms with Crippen molar-refractivity contribution >= 4 is 45.2 Å². The molecule has 0 radical (unpaired) electrons. The van der Waals surface area contributed by atoms with Gasteiger partial charge in [0.15, 0.2) is 6.10 Å². The third kappa shape index (κ3) is 5.59. The van der Waals surface area contributed by atoms with Crippen LogP contribution in [0.5, 0.6) is 0 Å². The zero-order chi connectivity index (χ0) is 18.8. The first-order chi connectivity index (χ1) is 11.6. The molecule has 6 nitrogen and oxygen atoms in total. The van der Waals surface area contributed by atoms with Gasteiger partial charge in [0.2, 0.25) is 0 Å². The largest absolute Gasteiger partial charge is 0.444 e. The Morgan fingerprint density at radius 1 is 1.40 bits per heavy atom. The Kier molecular flexibility index (Phi) is 6.35. The van der Waals surface area contributed by atoms with E-state index in [0.717, 1.165) is 5.56 Å². The van der Waals surface area contributed by atoms with Gasteiger partial charge in [-0.15, -0.1) is 0 Å². The van der Waals surface area contributed by atoms with Gasteiger partial charge in [-0.2, -0.15) is 0 Å². The number of anilines is 1. The van der Waals surface area contributed by atoms with Crippen molar-refractivity contribution in [3.05, 3.63) is 27.2 Å². The summed E-state index contributed by atoms with van der Waals surface area (Å²) in [5.41, 5.74) is 0.858. The van der Waals surface area contributed by atoms with Gasteiger partial charge < -0.3 is 19.7 Å². The van der Waals surface area contributed by atoms with Crippen molar-refractivity contribution in [2.75, 3.05) is 25.0 Å². The van der Waals surface area contributed by atoms with Crippen LogP contribution in [0.2, 0.25) is 5.02 Å². The molecule has 8 heteroatoms. The van der Waals surface area contributed by atoms with Gasteiger partial charge in [0, 0.05) is 11.0 Å². The lowest BCUT2D eigenvalue weighted by atomic mass is 10.2. The van der Waals surface area contributed by atoms with Gasteiger partial charge in [-0.1, -0.05) is 11.6 Å². The number of carbonyl (C=O) groups excluding carboxylic acids is 2. The van der Waals surface area contributed by atoms with Gasteiger partial charge in [0.05, 0.1) is 23.9 Å². The molecule has 0 aliphatic carbocycles. The first-order valence-corrected chi connectivity index (χ1v) is 9.10. The molecule has 1 fully saturated rings. The van der Waals surface area contributed by atoms with Crippen LogP contribution < -0.4 is 5.32 Å². The van der Waals surface area contributed by atoms with Gasteiger partial charge in [-0.3, -0.25) is 4.79 Å². The summed E-state index contributed by atoms with van der Waals surface area (Å²) >= 11 is 9.57. The van der Waals surface area contributed by atoms with Crippen molar-refractivity contribution in [3.8, 4) is 0 Å². The van der Waals surface area contributed by atoms with Gasteiger partial charge in [0.25, 0.3) is 5.91 Å². The van der Waals surface area contributed by atoms with Crippen LogP contribution in [0.15, 0.2) is 16.6 Å². The topological polar surface area (TPSA) is 67.9 Å². The smallest absolute Gasteiger partial charge is 0.410 e. The Hall–Kier alpha value is -1.31. The first-order valence-electron chi connectivity index (χ1n) is 7.93. The number of hydrogen-bond acceptors (Lipinski definition) is 4. The van der Waals surface area contributed by atoms with Gasteiger partial charge >= 0.3 is 6.09 Å². The maximum Gasteiger partial charge on any atom is 0.410 e. The number of ether oxygens (including phenoxy) is 2. The minimum absolute atomic E-state index is 0.130. The molecule has 0 saturated carbocycles. The summed E-state index contributed by atoms with van der Waals surface area (Å²) in [7, 11) is 0. The molecule has 1 aliphatic heterocycles. The van der Waals surface area contributed by atoms with E-state index < -0.39 is 17.8 Å². The number of nitrogens with zero attached hydrogens (tertiary/aromatic N) is 1. The average molecular weight is 434 g/mol. The number of carbonyl (C=O) groups is 2. The van der Waals surface area contributed by atoms with Crippen LogP contribution in [0.25, 0.3) is 0 Å². The molecule has 138 valence electrons. The molecule has 25 heavy (non-hydrogen) atoms. The zero-order valence-corrected chi connectivity index (χ0v) is 17.0. The summed E-state index contributed by atoms with van der Waals surface area (Å²) in [6.07, 6.45) is -1.23. The number of halogens is 2. The maximum atomic E-state index is 12.5. The van der Waals surface area contributed by atoms with Gasteiger partial charge in [0.1, 0.15) is 5.60 Å². The van der Waals surface area contributed by atoms with Crippen molar-refractivity contribution < 1.29 is 19.1 Å². The first kappa shape index (κ1) is 20.0. The second kappa shape index (κ2) is 7.93. The SMILES string of the molecule is Cc1cc(Br)c(Cl)c(NC(=O)C2CN(C(=O)OC(C)(C)C)CCO2)c1. The van der Waals surface area contributed by atoms with E-state index in [1.165, 1.54) is 4.90 Å². The lowest BCUT2D eigenvalue weighted by Crippen LogP contribution is -2.51. The lowest BCUT2D eigenvalue weighted by molar-refractivity contribution is -0.132. The van der Waals surface area contributed by atoms with Crippen LogP contribution in [0, 0.1) is 6.92 Å². The lowest BCUT2D eigenvalue weighted by Gasteiger charge is -2.33. The molecule has 1 aromatic rings. The predicted octanol–water partition coefficient (Wildman–Crippen LogP) is 3.99. The van der Waals surface area contributed by atoms with Gasteiger partial charge in [-0.05, 0) is 61.3 Å². The highest BCUT2D eigenvalue weighted by Crippen LogP contribution is 2.32. The Bertz CT molecular complexity index is 675. The van der Waals surface area contributed by atoms with E-state index in [4.69, 9.17) is 21.1 Å². The number of morpholine rings is 1. The fourth-order valence-corrected chi connectivity index (χ4v) is 3.06. The van der Waals surface area contributed by atoms with E-state index in [-0.39, 0.29) is 19.1 Å². The van der Waals surface area contributed by atoms with Crippen LogP contribution in [-0.4, -0.2) is 48.3 Å². The molecule has 1 atom stereocenters. The number of amides is 2. The molecule has 1 saturated heterocycles. The number of nitrogens with one attached hydrogen (secondary N) is 1. The van der Waals surface area contributed by atoms with Crippen LogP contribution >= 0.6 is 27.5 Å². The van der Waals surface area contributed by atoms with E-state index in [2.05, 4.69) is 21.2 Å². The molecule has 0 aromatic heterocycles. The summed E-state index contributed by atoms with van der Waals surface area (Å²) in [6.45, 7) is 8.08. The van der Waals surface area contributed by atoms with Gasteiger partial charge in [-0.25, -0.2) is 4.79 Å². The standard InChI is InChI=1S/C17H22BrClN2O4/c1-10-7-11(18)14(19)12(8-10)20-15(22)13-9-21(5-6-24-13)16(23)25-17(2,3)4/h7-8,13H,5-6,9H2,1-4H3,(H,20,22). The van der Waals surface area contributed by atoms with E-state index in [1.54, 1.807) is 26.8 Å². The number of rotatable bonds is 2. The molecule has 1 aliphatic rings. The summed E-state index contributed by atoms with van der Waals surface area (Å²) in [5, 5.41) is 3.18. The van der Waals surface area contributed by atoms with E-state index in [1.807, 2.05) is 13.0 Å². The molecule has 2 rings (SSSR count). The summed E-state index contributed by atoms with van der Waals surface area (Å²) in [5.74, 6) is -0.354. The Balaban J connectivity index is 2.04. The highest BCUT2D eigenvalue weighted by Gasteiger charge is 2.32. The monoisotopic (exact) mass is 432 g/mol. The second-order valence-electron chi connectivity index (χ2n) is 6.88. The van der Waals surface area contributed by atoms with Crippen molar-refractivity contribution in [1.82, 2.24) is 4.90 Å². The van der Waals surface area contributed by atoms with Crippen LogP contribution in [0.3, 0.4) is 0 Å². The minimum atomic E-state index is -0.781. The number of benzene rings is 1. The average Bonchev–Trinajstić information content (AvgIpc) is 2.50. The van der Waals surface area contributed by atoms with Crippen molar-refractivity contribution in [2.24, 2.45) is 0 Å². The fourth-order valence-electron chi connectivity index (χ4n) is 2.33. The maximum absolute atomic E-state index is 12.5. The number of hydrogen-bond donors (Lipinski definition) is 1. The summed E-state index contributed by atoms with van der Waals surface area (Å²) in [4.78, 5) is 26.2. The van der Waals surface area contributed by atoms with Crippen LogP contribution in [0.1, 0.15) is 26.3 Å². The molecule has 1 aromatic carbocycles. The fraction of sp³-hybridized carbons (Fsp3) is 0.529. The van der Waals surface area contributed by atoms with Crippen LogP contribution in [0.4, 0.5) is 10.5 Å². The van der Waals surface area contributed by atoms with E-state index in [9.17, 15) is 9.59 Å². The molecule has 2 amide bonds. The van der Waals surface area contributed by atoms with E-state index >= 15 is 0 Å². The molecular formula is C17H22BrClN2O4. The third-order valence-electron chi connectivity index (χ3n) is 3.44. The van der Waals surface area contributed by atoms with Crippen molar-refractivity contribution in [3.63, 3.8) is 0 Å². The molecule has 1 unspecified atom stereocenters. The van der Waals surface area contributed by atoms with Crippen LogP contribution in [-0.2, 0) is 14.3 Å². The second-order valence-corrected chi connectivity index (χ2v) is 8.12. The third-order valence-corrected chi connectivity index (χ3v) is 4.70. The number of aryl methyl sites for hydroxylation is 1. The molecule has 1 heterocycles. The van der Waals surface area contributed by atoms with Crippen molar-refractivity contribution in [1.29, 1.82) is 0 Å². The molecule has 1 N–H and O–H groups in total. The molecule has 0 bridgehead atoms. The highest BCUT2D eigenvalue weighted by molar-refractivity contribution is 9.10. The Morgan fingerprint density at radius 3 is 2.72 bits per heavy atom. The summed E-state index contributed by atoms with van der Waals surface area (Å²) in [6, 6.07) is 3.64. The molecular weight excluding hydrogens is 412 g/mol. The molecule has 0 spiro atoms. The quantitative estimate of drug-likeness (QED) is 0.766. The minimum Gasteiger partial charge on any atom is -0.444 e. The Morgan fingerprint density at radius 2 is 2.08 bits per heavy atom. The summed E-state index contributed by atoms with van der Waals surface area (Å²) < 4.78 is 11.6. The normalized spacial score (nSPS) is 18.0. The Labute approximate surface area is 160 Å². The van der Waals surface area contributed by atoms with Crippen molar-refractivity contribution in [2.45, 2.75) is 39.4 Å². The van der Waals surface area contributed by atoms with E-state index in [0.29, 0.717) is 21.7 Å². The highest BCUT2D eigenvalue weighted by atomic mass is 79.9. The predicted molar refractivity (Wildman–Crippen MR) is 100 cm³/mol. The zero-order valence-electron chi connectivity index (χ0n) is 14.7.